The van der Waals surface area contributed by atoms with Gasteiger partial charge in [0.2, 0.25) is 0 Å². The van der Waals surface area contributed by atoms with Crippen molar-refractivity contribution in [3.63, 3.8) is 0 Å². The Balaban J connectivity index is 1.79. The highest BCUT2D eigenvalue weighted by molar-refractivity contribution is 7.98. The molecule has 3 rings (SSSR count). The lowest BCUT2D eigenvalue weighted by molar-refractivity contribution is 1.01. The van der Waals surface area contributed by atoms with Crippen LogP contribution in [0.4, 0.5) is 0 Å². The van der Waals surface area contributed by atoms with Crippen molar-refractivity contribution in [1.82, 2.24) is 15.0 Å². The molecule has 5 nitrogen and oxygen atoms in total. The molecule has 0 aliphatic heterocycles. The summed E-state index contributed by atoms with van der Waals surface area (Å²) in [6.45, 7) is 0. The summed E-state index contributed by atoms with van der Waals surface area (Å²) in [5, 5.41) is 0. The number of thioether (sulfide) groups is 1. The Morgan fingerprint density at radius 2 is 2.16 bits per heavy atom. The summed E-state index contributed by atoms with van der Waals surface area (Å²) in [5.74, 6) is 0.594. The third-order valence-corrected chi connectivity index (χ3v) is 4.39. The van der Waals surface area contributed by atoms with Crippen LogP contribution < -0.4 is 11.1 Å². The maximum absolute atomic E-state index is 11.2. The van der Waals surface area contributed by atoms with Crippen LogP contribution in [0.2, 0.25) is 0 Å². The van der Waals surface area contributed by atoms with Crippen LogP contribution in [0.5, 0.6) is 0 Å². The molecule has 0 amide bonds. The summed E-state index contributed by atoms with van der Waals surface area (Å²) in [7, 11) is 0. The first-order valence-electron chi connectivity index (χ1n) is 5.49. The van der Waals surface area contributed by atoms with Gasteiger partial charge in [0.15, 0.2) is 0 Å². The predicted molar refractivity (Wildman–Crippen MR) is 76.9 cm³/mol. The molecule has 0 unspecified atom stereocenters. The van der Waals surface area contributed by atoms with Crippen LogP contribution >= 0.6 is 23.1 Å². The number of rotatable bonds is 3. The van der Waals surface area contributed by atoms with Gasteiger partial charge in [-0.2, -0.15) is 0 Å². The SMILES string of the molecule is O=c1[nH]cc(CSc2ccc3ncsc3c2)[nH]c1=O. The monoisotopic (exact) mass is 291 g/mol. The van der Waals surface area contributed by atoms with Crippen molar-refractivity contribution in [2.75, 3.05) is 0 Å². The number of nitrogens with zero attached hydrogens (tertiary/aromatic N) is 1. The normalized spacial score (nSPS) is 10.9. The molecule has 3 aromatic rings. The zero-order valence-electron chi connectivity index (χ0n) is 9.67. The Bertz CT molecular complexity index is 834. The van der Waals surface area contributed by atoms with Gasteiger partial charge in [0.25, 0.3) is 0 Å². The average molecular weight is 291 g/mol. The fourth-order valence-corrected chi connectivity index (χ4v) is 3.25. The maximum Gasteiger partial charge on any atom is 0.313 e. The highest BCUT2D eigenvalue weighted by Gasteiger charge is 2.02. The van der Waals surface area contributed by atoms with E-state index in [4.69, 9.17) is 0 Å². The summed E-state index contributed by atoms with van der Waals surface area (Å²) in [4.78, 5) is 32.4. The van der Waals surface area contributed by atoms with Crippen molar-refractivity contribution in [1.29, 1.82) is 0 Å². The second kappa shape index (κ2) is 5.02. The van der Waals surface area contributed by atoms with Crippen LogP contribution in [-0.4, -0.2) is 15.0 Å². The number of benzene rings is 1. The third-order valence-electron chi connectivity index (χ3n) is 2.55. The van der Waals surface area contributed by atoms with Gasteiger partial charge in [0, 0.05) is 22.5 Å². The molecule has 2 aromatic heterocycles. The molecule has 7 heteroatoms. The van der Waals surface area contributed by atoms with Gasteiger partial charge in [-0.25, -0.2) is 4.98 Å². The Morgan fingerprint density at radius 3 is 3.00 bits per heavy atom. The number of aromatic nitrogens is 3. The van der Waals surface area contributed by atoms with Crippen molar-refractivity contribution < 1.29 is 0 Å². The number of thiazole rings is 1. The van der Waals surface area contributed by atoms with Crippen molar-refractivity contribution in [2.45, 2.75) is 10.6 Å². The Morgan fingerprint density at radius 1 is 1.26 bits per heavy atom. The van der Waals surface area contributed by atoms with Gasteiger partial charge >= 0.3 is 11.1 Å². The lowest BCUT2D eigenvalue weighted by Gasteiger charge is -2.01. The molecule has 0 aliphatic rings. The highest BCUT2D eigenvalue weighted by Crippen LogP contribution is 2.27. The quantitative estimate of drug-likeness (QED) is 0.571. The molecule has 0 fully saturated rings. The van der Waals surface area contributed by atoms with Gasteiger partial charge < -0.3 is 9.97 Å². The predicted octanol–water partition coefficient (Wildman–Crippen LogP) is 1.97. The standard InChI is InChI=1S/C12H9N3O2S2/c16-11-12(17)15-7(4-13-11)5-18-8-1-2-9-10(3-8)19-6-14-9/h1-4,6H,5H2,(H,13,16)(H,15,17). The molecular weight excluding hydrogens is 282 g/mol. The van der Waals surface area contributed by atoms with Crippen molar-refractivity contribution in [3.05, 3.63) is 56.3 Å². The molecule has 2 N–H and O–H groups in total. The van der Waals surface area contributed by atoms with E-state index in [-0.39, 0.29) is 0 Å². The van der Waals surface area contributed by atoms with Crippen LogP contribution in [0.3, 0.4) is 0 Å². The molecule has 0 saturated heterocycles. The Kier molecular flexibility index (Phi) is 3.22. The highest BCUT2D eigenvalue weighted by atomic mass is 32.2. The van der Waals surface area contributed by atoms with Crippen LogP contribution in [-0.2, 0) is 5.75 Å². The fourth-order valence-electron chi connectivity index (χ4n) is 1.62. The second-order valence-corrected chi connectivity index (χ2v) is 5.80. The van der Waals surface area contributed by atoms with E-state index < -0.39 is 11.1 Å². The number of fused-ring (bicyclic) bond motifs is 1. The number of nitrogens with one attached hydrogen (secondary N) is 2. The van der Waals surface area contributed by atoms with Gasteiger partial charge in [0.05, 0.1) is 15.7 Å². The van der Waals surface area contributed by atoms with Crippen molar-refractivity contribution >= 4 is 33.3 Å². The van der Waals surface area contributed by atoms with Crippen molar-refractivity contribution in [3.8, 4) is 0 Å². The van der Waals surface area contributed by atoms with E-state index in [1.54, 1.807) is 23.1 Å². The molecule has 1 aromatic carbocycles. The minimum absolute atomic E-state index is 0.594. The molecule has 19 heavy (non-hydrogen) atoms. The first kappa shape index (κ1) is 12.2. The Labute approximate surface area is 115 Å². The topological polar surface area (TPSA) is 78.6 Å². The van der Waals surface area contributed by atoms with Crippen LogP contribution in [0.25, 0.3) is 10.2 Å². The molecular formula is C12H9N3O2S2. The summed E-state index contributed by atoms with van der Waals surface area (Å²) in [6.07, 6.45) is 1.53. The molecule has 0 saturated carbocycles. The molecule has 0 atom stereocenters. The van der Waals surface area contributed by atoms with Crippen LogP contribution in [0.15, 0.2) is 44.4 Å². The number of aromatic amines is 2. The van der Waals surface area contributed by atoms with Crippen molar-refractivity contribution in [2.24, 2.45) is 0 Å². The summed E-state index contributed by atoms with van der Waals surface area (Å²) in [5.41, 5.74) is 2.26. The zero-order valence-corrected chi connectivity index (χ0v) is 11.3. The molecule has 2 heterocycles. The van der Waals surface area contributed by atoms with E-state index in [0.29, 0.717) is 11.4 Å². The largest absolute Gasteiger partial charge is 0.323 e. The number of H-pyrrole nitrogens is 2. The number of hydrogen-bond acceptors (Lipinski definition) is 5. The maximum atomic E-state index is 11.2. The van der Waals surface area contributed by atoms with Crippen LogP contribution in [0, 0.1) is 0 Å². The summed E-state index contributed by atoms with van der Waals surface area (Å²) < 4.78 is 1.14. The summed E-state index contributed by atoms with van der Waals surface area (Å²) in [6, 6.07) is 6.04. The van der Waals surface area contributed by atoms with Gasteiger partial charge in [-0.1, -0.05) is 0 Å². The minimum atomic E-state index is -0.625. The van der Waals surface area contributed by atoms with Gasteiger partial charge in [-0.05, 0) is 18.2 Å². The molecule has 0 aliphatic carbocycles. The smallest absolute Gasteiger partial charge is 0.313 e. The van der Waals surface area contributed by atoms with E-state index >= 15 is 0 Å². The first-order valence-corrected chi connectivity index (χ1v) is 7.36. The van der Waals surface area contributed by atoms with E-state index in [1.165, 1.54) is 6.20 Å². The Hall–Kier alpha value is -1.86. The molecule has 0 spiro atoms. The van der Waals surface area contributed by atoms with E-state index in [2.05, 4.69) is 21.0 Å². The number of hydrogen-bond donors (Lipinski definition) is 2. The lowest BCUT2D eigenvalue weighted by Crippen LogP contribution is -2.29. The molecule has 0 radical (unpaired) electrons. The molecule has 96 valence electrons. The fraction of sp³-hybridized carbons (Fsp3) is 0.0833. The van der Waals surface area contributed by atoms with E-state index in [0.717, 1.165) is 15.1 Å². The van der Waals surface area contributed by atoms with E-state index in [1.807, 2.05) is 17.6 Å². The van der Waals surface area contributed by atoms with Gasteiger partial charge in [-0.3, -0.25) is 9.59 Å². The van der Waals surface area contributed by atoms with E-state index in [9.17, 15) is 9.59 Å². The minimum Gasteiger partial charge on any atom is -0.323 e. The summed E-state index contributed by atoms with van der Waals surface area (Å²) >= 11 is 3.19. The molecule has 0 bridgehead atoms. The average Bonchev–Trinajstić information content (AvgIpc) is 2.87. The van der Waals surface area contributed by atoms with Crippen LogP contribution in [0.1, 0.15) is 5.69 Å². The third kappa shape index (κ3) is 2.61. The first-order chi connectivity index (χ1) is 9.22. The zero-order chi connectivity index (χ0) is 13.2. The lowest BCUT2D eigenvalue weighted by atomic mass is 10.3. The second-order valence-electron chi connectivity index (χ2n) is 3.87. The van der Waals surface area contributed by atoms with Gasteiger partial charge in [-0.15, -0.1) is 23.1 Å². The van der Waals surface area contributed by atoms with Gasteiger partial charge in [0.1, 0.15) is 0 Å².